The second-order valence-corrected chi connectivity index (χ2v) is 3.34. The Labute approximate surface area is 82.6 Å². The lowest BCUT2D eigenvalue weighted by Crippen LogP contribution is -1.75. The zero-order valence-electron chi connectivity index (χ0n) is 5.61. The summed E-state index contributed by atoms with van der Waals surface area (Å²) in [4.78, 5) is 0. The topological polar surface area (TPSA) is 41.6 Å². The lowest BCUT2D eigenvalue weighted by molar-refractivity contribution is 0.959. The summed E-state index contributed by atoms with van der Waals surface area (Å²) in [5.41, 5.74) is 1.14. The van der Waals surface area contributed by atoms with Crippen molar-refractivity contribution in [3.05, 3.63) is 21.1 Å². The van der Waals surface area contributed by atoms with E-state index >= 15 is 0 Å². The minimum absolute atomic E-state index is 0.305. The number of hydrogen-bond acceptors (Lipinski definition) is 2. The molecule has 1 aromatic heterocycles. The Morgan fingerprint density at radius 3 is 2.58 bits per heavy atom. The highest BCUT2D eigenvalue weighted by Gasteiger charge is 2.11. The van der Waals surface area contributed by atoms with Gasteiger partial charge in [0.1, 0.15) is 11.0 Å². The number of aromatic amines is 1. The van der Waals surface area contributed by atoms with E-state index < -0.39 is 0 Å². The molecule has 0 aliphatic rings. The molecule has 0 aliphatic carbocycles. The largest absolute Gasteiger partial charge is 0.197 e. The number of halogens is 3. The molecule has 1 aromatic carbocycles. The number of nitrogens with one attached hydrogen (secondary N) is 1. The van der Waals surface area contributed by atoms with Crippen molar-refractivity contribution < 1.29 is 0 Å². The van der Waals surface area contributed by atoms with Gasteiger partial charge in [0.15, 0.2) is 0 Å². The molecule has 62 valence electrons. The Balaban J connectivity index is 2.94. The number of benzene rings is 1. The summed E-state index contributed by atoms with van der Waals surface area (Å²) in [6.45, 7) is 0. The molecule has 0 amide bonds. The Morgan fingerprint density at radius 2 is 1.83 bits per heavy atom. The van der Waals surface area contributed by atoms with Crippen LogP contribution in [0.2, 0.25) is 15.1 Å². The highest BCUT2D eigenvalue weighted by Crippen LogP contribution is 2.34. The van der Waals surface area contributed by atoms with Gasteiger partial charge in [0.05, 0.1) is 15.1 Å². The number of fused-ring (bicyclic) bond motifs is 1. The molecule has 0 radical (unpaired) electrons. The molecule has 0 fully saturated rings. The maximum absolute atomic E-state index is 5.83. The molecule has 0 unspecified atom stereocenters. The van der Waals surface area contributed by atoms with Gasteiger partial charge in [-0.25, -0.2) is 0 Å². The molecule has 12 heavy (non-hydrogen) atoms. The second-order valence-electron chi connectivity index (χ2n) is 2.18. The zero-order valence-corrected chi connectivity index (χ0v) is 7.87. The summed E-state index contributed by atoms with van der Waals surface area (Å²) in [5, 5.41) is 11.1. The van der Waals surface area contributed by atoms with Crippen molar-refractivity contribution in [3.8, 4) is 0 Å². The van der Waals surface area contributed by atoms with Gasteiger partial charge in [-0.2, -0.15) is 15.4 Å². The number of aromatic nitrogens is 3. The number of nitrogens with zero attached hydrogens (tertiary/aromatic N) is 2. The molecule has 1 N–H and O–H groups in total. The van der Waals surface area contributed by atoms with Crippen molar-refractivity contribution in [2.24, 2.45) is 0 Å². The van der Waals surface area contributed by atoms with Crippen LogP contribution < -0.4 is 0 Å². The number of H-pyrrole nitrogens is 1. The van der Waals surface area contributed by atoms with E-state index in [0.29, 0.717) is 26.1 Å². The van der Waals surface area contributed by atoms with Crippen molar-refractivity contribution in [1.82, 2.24) is 15.4 Å². The van der Waals surface area contributed by atoms with Crippen LogP contribution in [0.15, 0.2) is 6.07 Å². The maximum atomic E-state index is 5.83. The van der Waals surface area contributed by atoms with Gasteiger partial charge < -0.3 is 0 Å². The van der Waals surface area contributed by atoms with Crippen LogP contribution in [0, 0.1) is 0 Å². The molecule has 0 bridgehead atoms. The fourth-order valence-electron chi connectivity index (χ4n) is 0.893. The van der Waals surface area contributed by atoms with Crippen LogP contribution in [0.1, 0.15) is 0 Å². The number of hydrogen-bond donors (Lipinski definition) is 1. The second kappa shape index (κ2) is 2.76. The SMILES string of the molecule is Clc1cc2n[nH]nc2c(Cl)c1Cl. The van der Waals surface area contributed by atoms with E-state index in [-0.39, 0.29) is 0 Å². The molecular formula is C6H2Cl3N3. The van der Waals surface area contributed by atoms with E-state index in [4.69, 9.17) is 34.8 Å². The van der Waals surface area contributed by atoms with Gasteiger partial charge in [-0.05, 0) is 6.07 Å². The first-order valence-corrected chi connectivity index (χ1v) is 4.17. The highest BCUT2D eigenvalue weighted by molar-refractivity contribution is 6.50. The fraction of sp³-hybridized carbons (Fsp3) is 0. The first kappa shape index (κ1) is 8.10. The van der Waals surface area contributed by atoms with E-state index in [1.807, 2.05) is 0 Å². The minimum Gasteiger partial charge on any atom is -0.197 e. The summed E-state index contributed by atoms with van der Waals surface area (Å²) in [7, 11) is 0. The lowest BCUT2D eigenvalue weighted by atomic mass is 10.3. The quantitative estimate of drug-likeness (QED) is 0.696. The molecule has 0 atom stereocenters. The summed E-state index contributed by atoms with van der Waals surface area (Å²) >= 11 is 17.4. The lowest BCUT2D eigenvalue weighted by Gasteiger charge is -1.96. The molecular weight excluding hydrogens is 220 g/mol. The molecule has 0 saturated carbocycles. The maximum Gasteiger partial charge on any atom is 0.133 e. The zero-order chi connectivity index (χ0) is 8.72. The standard InChI is InChI=1S/C6H2Cl3N3/c7-2-1-3-6(11-12-10-3)5(9)4(2)8/h1H,(H,10,11,12). The first-order chi connectivity index (χ1) is 5.70. The molecule has 2 aromatic rings. The van der Waals surface area contributed by atoms with Gasteiger partial charge in [-0.1, -0.05) is 34.8 Å². The van der Waals surface area contributed by atoms with E-state index in [1.165, 1.54) is 0 Å². The molecule has 1 heterocycles. The smallest absolute Gasteiger partial charge is 0.133 e. The predicted molar refractivity (Wildman–Crippen MR) is 48.9 cm³/mol. The van der Waals surface area contributed by atoms with E-state index in [9.17, 15) is 0 Å². The Bertz CT molecular complexity index is 437. The van der Waals surface area contributed by atoms with E-state index in [0.717, 1.165) is 0 Å². The molecule has 0 spiro atoms. The van der Waals surface area contributed by atoms with E-state index in [1.54, 1.807) is 6.07 Å². The van der Waals surface area contributed by atoms with Gasteiger partial charge in [-0.3, -0.25) is 0 Å². The van der Waals surface area contributed by atoms with Crippen LogP contribution in [0.25, 0.3) is 11.0 Å². The molecule has 0 aliphatic heterocycles. The molecule has 6 heteroatoms. The van der Waals surface area contributed by atoms with Gasteiger partial charge in [0.25, 0.3) is 0 Å². The summed E-state index contributed by atoms with van der Waals surface area (Å²) in [6, 6.07) is 1.61. The minimum atomic E-state index is 0.305. The Hall–Kier alpha value is -0.510. The fourth-order valence-corrected chi connectivity index (χ4v) is 1.52. The average Bonchev–Trinajstić information content (AvgIpc) is 2.48. The third-order valence-electron chi connectivity index (χ3n) is 1.45. The van der Waals surface area contributed by atoms with Gasteiger partial charge in [0, 0.05) is 0 Å². The Morgan fingerprint density at radius 1 is 1.08 bits per heavy atom. The van der Waals surface area contributed by atoms with Crippen LogP contribution in [-0.2, 0) is 0 Å². The Kier molecular flexibility index (Phi) is 1.87. The highest BCUT2D eigenvalue weighted by atomic mass is 35.5. The van der Waals surface area contributed by atoms with Crippen LogP contribution in [-0.4, -0.2) is 15.4 Å². The van der Waals surface area contributed by atoms with Crippen molar-refractivity contribution in [1.29, 1.82) is 0 Å². The first-order valence-electron chi connectivity index (χ1n) is 3.04. The number of rotatable bonds is 0. The normalized spacial score (nSPS) is 10.9. The van der Waals surface area contributed by atoms with Gasteiger partial charge in [0.2, 0.25) is 0 Å². The third-order valence-corrected chi connectivity index (χ3v) is 2.70. The van der Waals surface area contributed by atoms with Crippen LogP contribution in [0.5, 0.6) is 0 Å². The third kappa shape index (κ3) is 1.05. The van der Waals surface area contributed by atoms with Crippen molar-refractivity contribution in [3.63, 3.8) is 0 Å². The van der Waals surface area contributed by atoms with E-state index in [2.05, 4.69) is 15.4 Å². The summed E-state index contributed by atoms with van der Waals surface area (Å²) in [6.07, 6.45) is 0. The molecule has 2 rings (SSSR count). The van der Waals surface area contributed by atoms with Crippen LogP contribution in [0.4, 0.5) is 0 Å². The summed E-state index contributed by atoms with van der Waals surface area (Å²) in [5.74, 6) is 0. The molecule has 0 saturated heterocycles. The van der Waals surface area contributed by atoms with Crippen molar-refractivity contribution in [2.75, 3.05) is 0 Å². The average molecular weight is 222 g/mol. The van der Waals surface area contributed by atoms with Crippen LogP contribution in [0.3, 0.4) is 0 Å². The van der Waals surface area contributed by atoms with Crippen LogP contribution >= 0.6 is 34.8 Å². The monoisotopic (exact) mass is 221 g/mol. The van der Waals surface area contributed by atoms with Crippen molar-refractivity contribution in [2.45, 2.75) is 0 Å². The van der Waals surface area contributed by atoms with Gasteiger partial charge in [-0.15, -0.1) is 0 Å². The predicted octanol–water partition coefficient (Wildman–Crippen LogP) is 2.92. The van der Waals surface area contributed by atoms with Gasteiger partial charge >= 0.3 is 0 Å². The van der Waals surface area contributed by atoms with Crippen molar-refractivity contribution >= 4 is 45.8 Å². The molecule has 3 nitrogen and oxygen atoms in total. The summed E-state index contributed by atoms with van der Waals surface area (Å²) < 4.78 is 0.